The molecule has 0 amide bonds. The number of aliphatic hydroxyl groups is 1. The standard InChI is InChI=1S/C22H27N5O/c28-15-12-23-22-25-20-9-5-4-8-19(20)21(26-22)24-18-10-13-27(14-11-18)16-17-6-2-1-3-7-17/h1-9,18,28H,10-16H2,(H2,23,24,25,26). The van der Waals surface area contributed by atoms with Gasteiger partial charge in [-0.3, -0.25) is 4.90 Å². The number of para-hydroxylation sites is 1. The Balaban J connectivity index is 1.42. The van der Waals surface area contributed by atoms with Gasteiger partial charge in [0.15, 0.2) is 0 Å². The molecule has 0 radical (unpaired) electrons. The zero-order chi connectivity index (χ0) is 19.2. The quantitative estimate of drug-likeness (QED) is 0.588. The molecular formula is C22H27N5O. The number of anilines is 2. The Morgan fingerprint density at radius 3 is 2.50 bits per heavy atom. The summed E-state index contributed by atoms with van der Waals surface area (Å²) >= 11 is 0. The predicted molar refractivity (Wildman–Crippen MR) is 113 cm³/mol. The third kappa shape index (κ3) is 4.58. The van der Waals surface area contributed by atoms with Gasteiger partial charge in [0.1, 0.15) is 5.82 Å². The Kier molecular flexibility index (Phi) is 5.99. The summed E-state index contributed by atoms with van der Waals surface area (Å²) in [5.74, 6) is 1.42. The van der Waals surface area contributed by atoms with Crippen LogP contribution < -0.4 is 10.6 Å². The van der Waals surface area contributed by atoms with Crippen LogP contribution in [0.15, 0.2) is 54.6 Å². The third-order valence-electron chi connectivity index (χ3n) is 5.18. The van der Waals surface area contributed by atoms with Crippen molar-refractivity contribution in [2.75, 3.05) is 36.9 Å². The number of aromatic nitrogens is 2. The minimum absolute atomic E-state index is 0.0544. The molecule has 1 aliphatic rings. The highest BCUT2D eigenvalue weighted by atomic mass is 16.3. The molecule has 2 aromatic carbocycles. The van der Waals surface area contributed by atoms with E-state index in [0.717, 1.165) is 49.2 Å². The number of aliphatic hydroxyl groups excluding tert-OH is 1. The van der Waals surface area contributed by atoms with E-state index in [9.17, 15) is 0 Å². The lowest BCUT2D eigenvalue weighted by molar-refractivity contribution is 0.211. The lowest BCUT2D eigenvalue weighted by Gasteiger charge is -2.32. The average molecular weight is 377 g/mol. The first-order valence-corrected chi connectivity index (χ1v) is 9.96. The van der Waals surface area contributed by atoms with Crippen LogP contribution in [0, 0.1) is 0 Å². The molecule has 1 aromatic heterocycles. The second kappa shape index (κ2) is 8.99. The minimum atomic E-state index is 0.0544. The SMILES string of the molecule is OCCNc1nc(NC2CCN(Cc3ccccc3)CC2)c2ccccc2n1. The van der Waals surface area contributed by atoms with Crippen molar-refractivity contribution in [3.8, 4) is 0 Å². The molecule has 1 saturated heterocycles. The summed E-state index contributed by atoms with van der Waals surface area (Å²) in [6.07, 6.45) is 2.18. The number of hydrogen-bond acceptors (Lipinski definition) is 6. The van der Waals surface area contributed by atoms with Crippen molar-refractivity contribution in [1.29, 1.82) is 0 Å². The summed E-state index contributed by atoms with van der Waals surface area (Å²) < 4.78 is 0. The van der Waals surface area contributed by atoms with Gasteiger partial charge in [-0.2, -0.15) is 4.98 Å². The first-order chi connectivity index (χ1) is 13.8. The van der Waals surface area contributed by atoms with Gasteiger partial charge in [-0.15, -0.1) is 0 Å². The van der Waals surface area contributed by atoms with Crippen LogP contribution in [-0.2, 0) is 6.54 Å². The van der Waals surface area contributed by atoms with Crippen molar-refractivity contribution in [3.05, 3.63) is 60.2 Å². The van der Waals surface area contributed by atoms with Crippen LogP contribution in [0.3, 0.4) is 0 Å². The van der Waals surface area contributed by atoms with E-state index in [1.54, 1.807) is 0 Å². The van der Waals surface area contributed by atoms with Crippen molar-refractivity contribution >= 4 is 22.7 Å². The highest BCUT2D eigenvalue weighted by Gasteiger charge is 2.20. The summed E-state index contributed by atoms with van der Waals surface area (Å²) in [6, 6.07) is 19.1. The Morgan fingerprint density at radius 2 is 1.71 bits per heavy atom. The Morgan fingerprint density at radius 1 is 0.964 bits per heavy atom. The van der Waals surface area contributed by atoms with Gasteiger partial charge in [0.2, 0.25) is 5.95 Å². The number of piperidine rings is 1. The number of nitrogens with zero attached hydrogens (tertiary/aromatic N) is 3. The molecule has 0 spiro atoms. The molecule has 1 aliphatic heterocycles. The maximum absolute atomic E-state index is 9.06. The predicted octanol–water partition coefficient (Wildman–Crippen LogP) is 3.11. The van der Waals surface area contributed by atoms with E-state index in [0.29, 0.717) is 18.5 Å². The minimum Gasteiger partial charge on any atom is -0.395 e. The summed E-state index contributed by atoms with van der Waals surface area (Å²) in [7, 11) is 0. The average Bonchev–Trinajstić information content (AvgIpc) is 2.74. The lowest BCUT2D eigenvalue weighted by atomic mass is 10.0. The van der Waals surface area contributed by atoms with Crippen LogP contribution in [0.5, 0.6) is 0 Å². The molecule has 4 rings (SSSR count). The molecule has 3 aromatic rings. The van der Waals surface area contributed by atoms with E-state index in [4.69, 9.17) is 5.11 Å². The van der Waals surface area contributed by atoms with Gasteiger partial charge >= 0.3 is 0 Å². The van der Waals surface area contributed by atoms with Gasteiger partial charge in [0.25, 0.3) is 0 Å². The van der Waals surface area contributed by atoms with Crippen LogP contribution in [-0.4, -0.2) is 52.3 Å². The fourth-order valence-electron chi connectivity index (χ4n) is 3.70. The summed E-state index contributed by atoms with van der Waals surface area (Å²) in [6.45, 7) is 3.66. The molecule has 6 heteroatoms. The first-order valence-electron chi connectivity index (χ1n) is 9.96. The molecule has 6 nitrogen and oxygen atoms in total. The summed E-state index contributed by atoms with van der Waals surface area (Å²) in [5.41, 5.74) is 2.28. The van der Waals surface area contributed by atoms with Crippen LogP contribution in [0.25, 0.3) is 10.9 Å². The smallest absolute Gasteiger partial charge is 0.225 e. The second-order valence-corrected chi connectivity index (χ2v) is 7.24. The Hall–Kier alpha value is -2.70. The largest absolute Gasteiger partial charge is 0.395 e. The first kappa shape index (κ1) is 18.7. The fraction of sp³-hybridized carbons (Fsp3) is 0.364. The number of likely N-dealkylation sites (tertiary alicyclic amines) is 1. The van der Waals surface area contributed by atoms with E-state index in [1.165, 1.54) is 5.56 Å². The molecule has 3 N–H and O–H groups in total. The van der Waals surface area contributed by atoms with Gasteiger partial charge in [-0.05, 0) is 30.5 Å². The molecule has 28 heavy (non-hydrogen) atoms. The van der Waals surface area contributed by atoms with E-state index in [-0.39, 0.29) is 6.61 Å². The van der Waals surface area contributed by atoms with Gasteiger partial charge < -0.3 is 15.7 Å². The van der Waals surface area contributed by atoms with Crippen LogP contribution >= 0.6 is 0 Å². The number of rotatable bonds is 7. The molecule has 1 fully saturated rings. The van der Waals surface area contributed by atoms with Crippen LogP contribution in [0.4, 0.5) is 11.8 Å². The molecule has 0 aliphatic carbocycles. The number of nitrogens with one attached hydrogen (secondary N) is 2. The zero-order valence-electron chi connectivity index (χ0n) is 16.0. The monoisotopic (exact) mass is 377 g/mol. The van der Waals surface area contributed by atoms with Gasteiger partial charge in [0, 0.05) is 37.6 Å². The maximum atomic E-state index is 9.06. The number of hydrogen-bond donors (Lipinski definition) is 3. The van der Waals surface area contributed by atoms with E-state index in [2.05, 4.69) is 61.9 Å². The topological polar surface area (TPSA) is 73.3 Å². The fourth-order valence-corrected chi connectivity index (χ4v) is 3.70. The van der Waals surface area contributed by atoms with Crippen molar-refractivity contribution < 1.29 is 5.11 Å². The van der Waals surface area contributed by atoms with Crippen LogP contribution in [0.2, 0.25) is 0 Å². The highest BCUT2D eigenvalue weighted by Crippen LogP contribution is 2.25. The molecule has 146 valence electrons. The normalized spacial score (nSPS) is 15.6. The Bertz CT molecular complexity index is 894. The third-order valence-corrected chi connectivity index (χ3v) is 5.18. The molecule has 0 unspecified atom stereocenters. The molecule has 0 atom stereocenters. The van der Waals surface area contributed by atoms with Crippen molar-refractivity contribution in [3.63, 3.8) is 0 Å². The number of benzene rings is 2. The van der Waals surface area contributed by atoms with Crippen molar-refractivity contribution in [2.45, 2.75) is 25.4 Å². The van der Waals surface area contributed by atoms with Crippen molar-refractivity contribution in [1.82, 2.24) is 14.9 Å². The van der Waals surface area contributed by atoms with Crippen LogP contribution in [0.1, 0.15) is 18.4 Å². The second-order valence-electron chi connectivity index (χ2n) is 7.24. The van der Waals surface area contributed by atoms with E-state index in [1.807, 2.05) is 18.2 Å². The van der Waals surface area contributed by atoms with Gasteiger partial charge in [-0.25, -0.2) is 4.98 Å². The van der Waals surface area contributed by atoms with Crippen molar-refractivity contribution in [2.24, 2.45) is 0 Å². The number of fused-ring (bicyclic) bond motifs is 1. The Labute approximate surface area is 165 Å². The zero-order valence-corrected chi connectivity index (χ0v) is 16.0. The highest BCUT2D eigenvalue weighted by molar-refractivity contribution is 5.90. The molecular weight excluding hydrogens is 350 g/mol. The van der Waals surface area contributed by atoms with Gasteiger partial charge in [0.05, 0.1) is 12.1 Å². The van der Waals surface area contributed by atoms with E-state index >= 15 is 0 Å². The summed E-state index contributed by atoms with van der Waals surface area (Å²) in [4.78, 5) is 11.7. The maximum Gasteiger partial charge on any atom is 0.225 e. The lowest BCUT2D eigenvalue weighted by Crippen LogP contribution is -2.38. The molecule has 0 saturated carbocycles. The summed E-state index contributed by atoms with van der Waals surface area (Å²) in [5, 5.41) is 16.8. The van der Waals surface area contributed by atoms with E-state index < -0.39 is 0 Å². The molecule has 0 bridgehead atoms. The molecule has 2 heterocycles. The van der Waals surface area contributed by atoms with Gasteiger partial charge in [-0.1, -0.05) is 42.5 Å².